The second-order valence-electron chi connectivity index (χ2n) is 4.75. The van der Waals surface area contributed by atoms with Gasteiger partial charge in [-0.2, -0.15) is 0 Å². The minimum Gasteiger partial charge on any atom is -0.343 e. The van der Waals surface area contributed by atoms with Crippen LogP contribution in [0.3, 0.4) is 0 Å². The van der Waals surface area contributed by atoms with Crippen molar-refractivity contribution in [2.75, 3.05) is 11.9 Å². The van der Waals surface area contributed by atoms with Gasteiger partial charge in [0.05, 0.1) is 16.8 Å². The summed E-state index contributed by atoms with van der Waals surface area (Å²) >= 11 is 7.15. The molecule has 1 heterocycles. The summed E-state index contributed by atoms with van der Waals surface area (Å²) in [6.07, 6.45) is 0. The molecule has 2 N–H and O–H groups in total. The van der Waals surface area contributed by atoms with Crippen LogP contribution in [0.1, 0.15) is 10.4 Å². The molecule has 0 saturated heterocycles. The van der Waals surface area contributed by atoms with E-state index in [9.17, 15) is 9.59 Å². The van der Waals surface area contributed by atoms with Crippen LogP contribution >= 0.6 is 22.9 Å². The number of halogens is 1. The van der Waals surface area contributed by atoms with Gasteiger partial charge in [0, 0.05) is 11.3 Å². The molecule has 0 unspecified atom stereocenters. The van der Waals surface area contributed by atoms with Crippen molar-refractivity contribution >= 4 is 50.7 Å². The first-order chi connectivity index (χ1) is 11.1. The summed E-state index contributed by atoms with van der Waals surface area (Å²) < 4.78 is 1.26. The topological polar surface area (TPSA) is 71.1 Å². The molecule has 3 aromatic rings. The number of hydrogen-bond acceptors (Lipinski definition) is 4. The lowest BCUT2D eigenvalue weighted by molar-refractivity contribution is -0.115. The molecule has 0 spiro atoms. The highest BCUT2D eigenvalue weighted by molar-refractivity contribution is 7.22. The third-order valence-electron chi connectivity index (χ3n) is 3.09. The van der Waals surface area contributed by atoms with E-state index in [4.69, 9.17) is 11.6 Å². The number of fused-ring (bicyclic) bond motifs is 1. The van der Waals surface area contributed by atoms with Crippen molar-refractivity contribution in [1.82, 2.24) is 10.3 Å². The number of benzene rings is 2. The van der Waals surface area contributed by atoms with Crippen LogP contribution in [0.5, 0.6) is 0 Å². The molecular weight excluding hydrogens is 334 g/mol. The Morgan fingerprint density at radius 3 is 2.70 bits per heavy atom. The molecule has 0 bridgehead atoms. The Balaban J connectivity index is 1.60. The Bertz CT molecular complexity index is 864. The maximum atomic E-state index is 12.1. The molecule has 1 aromatic heterocycles. The van der Waals surface area contributed by atoms with Gasteiger partial charge in [-0.3, -0.25) is 9.59 Å². The van der Waals surface area contributed by atoms with Gasteiger partial charge in [0.25, 0.3) is 5.91 Å². The van der Waals surface area contributed by atoms with Gasteiger partial charge in [0.1, 0.15) is 0 Å². The molecule has 0 fully saturated rings. The first-order valence-corrected chi connectivity index (χ1v) is 8.00. The van der Waals surface area contributed by atoms with Crippen LogP contribution < -0.4 is 10.6 Å². The van der Waals surface area contributed by atoms with Crippen molar-refractivity contribution in [3.05, 3.63) is 58.6 Å². The Kier molecular flexibility index (Phi) is 4.55. The van der Waals surface area contributed by atoms with E-state index in [1.54, 1.807) is 30.3 Å². The number of aromatic nitrogens is 1. The zero-order valence-electron chi connectivity index (χ0n) is 11.9. The van der Waals surface area contributed by atoms with Crippen LogP contribution in [-0.4, -0.2) is 23.3 Å². The molecule has 5 nitrogen and oxygen atoms in total. The third kappa shape index (κ3) is 3.85. The number of carbonyl (C=O) groups excluding carboxylic acids is 2. The van der Waals surface area contributed by atoms with E-state index in [0.717, 1.165) is 10.2 Å². The lowest BCUT2D eigenvalue weighted by Crippen LogP contribution is -2.32. The first kappa shape index (κ1) is 15.5. The number of nitrogens with zero attached hydrogens (tertiary/aromatic N) is 1. The Labute approximate surface area is 141 Å². The summed E-state index contributed by atoms with van der Waals surface area (Å²) in [5, 5.41) is 5.29. The van der Waals surface area contributed by atoms with Crippen LogP contribution in [0, 0.1) is 0 Å². The smallest absolute Gasteiger partial charge is 0.251 e. The van der Waals surface area contributed by atoms with Gasteiger partial charge in [0.2, 0.25) is 5.91 Å². The maximum absolute atomic E-state index is 12.1. The van der Waals surface area contributed by atoms with E-state index in [0.29, 0.717) is 15.7 Å². The number of hydrogen-bond donors (Lipinski definition) is 2. The van der Waals surface area contributed by atoms with Gasteiger partial charge in [-0.25, -0.2) is 4.98 Å². The maximum Gasteiger partial charge on any atom is 0.251 e. The van der Waals surface area contributed by atoms with E-state index in [2.05, 4.69) is 15.6 Å². The number of amides is 2. The molecule has 2 aromatic carbocycles. The zero-order chi connectivity index (χ0) is 16.2. The van der Waals surface area contributed by atoms with Crippen LogP contribution in [-0.2, 0) is 4.79 Å². The number of rotatable bonds is 4. The van der Waals surface area contributed by atoms with Gasteiger partial charge < -0.3 is 10.6 Å². The van der Waals surface area contributed by atoms with Crippen LogP contribution in [0.2, 0.25) is 4.47 Å². The number of thiazole rings is 1. The molecule has 0 aliphatic rings. The molecule has 0 radical (unpaired) electrons. The van der Waals surface area contributed by atoms with E-state index >= 15 is 0 Å². The average molecular weight is 346 g/mol. The predicted molar refractivity (Wildman–Crippen MR) is 92.0 cm³/mol. The van der Waals surface area contributed by atoms with E-state index in [1.807, 2.05) is 18.2 Å². The summed E-state index contributed by atoms with van der Waals surface area (Å²) in [4.78, 5) is 28.0. The molecule has 3 rings (SSSR count). The number of nitrogens with one attached hydrogen (secondary N) is 2. The van der Waals surface area contributed by atoms with Gasteiger partial charge in [0.15, 0.2) is 4.47 Å². The molecule has 0 saturated carbocycles. The minimum absolute atomic E-state index is 0.102. The average Bonchev–Trinajstić information content (AvgIpc) is 2.92. The largest absolute Gasteiger partial charge is 0.343 e. The molecule has 2 amide bonds. The number of anilines is 1. The van der Waals surface area contributed by atoms with E-state index < -0.39 is 0 Å². The number of para-hydroxylation sites is 1. The summed E-state index contributed by atoms with van der Waals surface area (Å²) in [6, 6.07) is 14.2. The van der Waals surface area contributed by atoms with Crippen LogP contribution in [0.4, 0.5) is 5.69 Å². The van der Waals surface area contributed by atoms with Gasteiger partial charge in [-0.1, -0.05) is 29.8 Å². The van der Waals surface area contributed by atoms with Crippen LogP contribution in [0.15, 0.2) is 48.5 Å². The highest BCUT2D eigenvalue weighted by atomic mass is 35.5. The van der Waals surface area contributed by atoms with Crippen molar-refractivity contribution in [2.45, 2.75) is 0 Å². The van der Waals surface area contributed by atoms with Crippen molar-refractivity contribution in [2.24, 2.45) is 0 Å². The molecule has 116 valence electrons. The standard InChI is InChI=1S/C16H12ClN3O2S/c17-16-20-12-7-6-10(8-13(12)23-16)15(22)18-9-14(21)19-11-4-2-1-3-5-11/h1-8H,9H2,(H,18,22)(H,19,21). The van der Waals surface area contributed by atoms with E-state index in [1.165, 1.54) is 11.3 Å². The van der Waals surface area contributed by atoms with Gasteiger partial charge in [-0.05, 0) is 30.3 Å². The highest BCUT2D eigenvalue weighted by Crippen LogP contribution is 2.26. The molecular formula is C16H12ClN3O2S. The summed E-state index contributed by atoms with van der Waals surface area (Å²) in [5.41, 5.74) is 1.90. The highest BCUT2D eigenvalue weighted by Gasteiger charge is 2.10. The molecule has 0 atom stereocenters. The van der Waals surface area contributed by atoms with Crippen LogP contribution in [0.25, 0.3) is 10.2 Å². The van der Waals surface area contributed by atoms with Crippen molar-refractivity contribution in [3.63, 3.8) is 0 Å². The second kappa shape index (κ2) is 6.76. The molecule has 0 aliphatic carbocycles. The lowest BCUT2D eigenvalue weighted by atomic mass is 10.2. The fraction of sp³-hybridized carbons (Fsp3) is 0.0625. The Hall–Kier alpha value is -2.44. The SMILES string of the molecule is O=C(CNC(=O)c1ccc2nc(Cl)sc2c1)Nc1ccccc1. The summed E-state index contributed by atoms with van der Waals surface area (Å²) in [5.74, 6) is -0.605. The quantitative estimate of drug-likeness (QED) is 0.762. The van der Waals surface area contributed by atoms with Crippen molar-refractivity contribution in [3.8, 4) is 0 Å². The van der Waals surface area contributed by atoms with E-state index in [-0.39, 0.29) is 18.4 Å². The normalized spacial score (nSPS) is 10.5. The minimum atomic E-state index is -0.320. The fourth-order valence-electron chi connectivity index (χ4n) is 2.03. The first-order valence-electron chi connectivity index (χ1n) is 6.81. The Morgan fingerprint density at radius 1 is 1.13 bits per heavy atom. The van der Waals surface area contributed by atoms with Crippen molar-refractivity contribution in [1.29, 1.82) is 0 Å². The second-order valence-corrected chi connectivity index (χ2v) is 6.36. The van der Waals surface area contributed by atoms with Gasteiger partial charge >= 0.3 is 0 Å². The molecule has 0 aliphatic heterocycles. The Morgan fingerprint density at radius 2 is 1.91 bits per heavy atom. The number of carbonyl (C=O) groups is 2. The summed E-state index contributed by atoms with van der Waals surface area (Å²) in [6.45, 7) is -0.102. The summed E-state index contributed by atoms with van der Waals surface area (Å²) in [7, 11) is 0. The zero-order valence-corrected chi connectivity index (χ0v) is 13.4. The third-order valence-corrected chi connectivity index (χ3v) is 4.21. The van der Waals surface area contributed by atoms with Crippen molar-refractivity contribution < 1.29 is 9.59 Å². The fourth-order valence-corrected chi connectivity index (χ4v) is 3.10. The predicted octanol–water partition coefficient (Wildman–Crippen LogP) is 3.32. The molecule has 7 heteroatoms. The molecule has 23 heavy (non-hydrogen) atoms. The monoisotopic (exact) mass is 345 g/mol. The lowest BCUT2D eigenvalue weighted by Gasteiger charge is -2.07. The van der Waals surface area contributed by atoms with Gasteiger partial charge in [-0.15, -0.1) is 11.3 Å².